The Kier molecular flexibility index (Phi) is 6.67. The van der Waals surface area contributed by atoms with Crippen LogP contribution in [0, 0.1) is 11.8 Å². The summed E-state index contributed by atoms with van der Waals surface area (Å²) >= 11 is 6.88. The van der Waals surface area contributed by atoms with E-state index >= 15 is 0 Å². The fraction of sp³-hybridized carbons (Fsp3) is 0.185. The molecule has 36 heavy (non-hydrogen) atoms. The highest BCUT2D eigenvalue weighted by atomic mass is 35.5. The third-order valence-corrected chi connectivity index (χ3v) is 6.34. The summed E-state index contributed by atoms with van der Waals surface area (Å²) in [5.74, 6) is 5.91. The van der Waals surface area contributed by atoms with Gasteiger partial charge in [-0.3, -0.25) is 14.6 Å². The Morgan fingerprint density at radius 2 is 2.08 bits per heavy atom. The van der Waals surface area contributed by atoms with Crippen molar-refractivity contribution in [2.75, 3.05) is 38.3 Å². The van der Waals surface area contributed by atoms with E-state index < -0.39 is 0 Å². The Labute approximate surface area is 212 Å². The molecular weight excluding hydrogens is 478 g/mol. The van der Waals surface area contributed by atoms with Crippen molar-refractivity contribution < 1.29 is 14.3 Å². The quantitative estimate of drug-likeness (QED) is 0.434. The highest BCUT2D eigenvalue weighted by Gasteiger charge is 2.28. The molecule has 0 unspecified atom stereocenters. The minimum absolute atomic E-state index is 0.0169. The molecule has 1 aliphatic heterocycles. The van der Waals surface area contributed by atoms with Gasteiger partial charge in [0.15, 0.2) is 0 Å². The molecule has 1 aromatic carbocycles. The minimum Gasteiger partial charge on any atom is -0.375 e. The lowest BCUT2D eigenvalue weighted by atomic mass is 10.0. The summed E-state index contributed by atoms with van der Waals surface area (Å²) in [6.45, 7) is 0.816. The zero-order chi connectivity index (χ0) is 25.1. The number of hydrogen-bond donors (Lipinski definition) is 1. The highest BCUT2D eigenvalue weighted by molar-refractivity contribution is 6.38. The lowest BCUT2D eigenvalue weighted by molar-refractivity contribution is -0.139. The van der Waals surface area contributed by atoms with Gasteiger partial charge in [0.1, 0.15) is 18.8 Å². The van der Waals surface area contributed by atoms with Crippen molar-refractivity contribution in [2.45, 2.75) is 0 Å². The van der Waals surface area contributed by atoms with Crippen molar-refractivity contribution in [2.24, 2.45) is 0 Å². The molecule has 0 atom stereocenters. The number of rotatable bonds is 4. The number of benzene rings is 1. The maximum Gasteiger partial charge on any atom is 0.249 e. The molecule has 2 amide bonds. The van der Waals surface area contributed by atoms with Crippen LogP contribution in [0.25, 0.3) is 22.2 Å². The number of aromatic amines is 1. The number of halogens is 1. The molecule has 5 rings (SSSR count). The molecule has 0 bridgehead atoms. The standard InChI is InChI=1S/C27H22ClN5O3/c1-36-17-24(35)32-10-11-33(23(34)16-32)21-6-2-5-19(12-21)22-15-31-27-25(26(22)28)20(14-30-27)8-7-18-4-3-9-29-13-18/h2-6,9,12-15H,10-11,16-17H2,1H3,(H,30,31). The van der Waals surface area contributed by atoms with Gasteiger partial charge in [-0.25, -0.2) is 4.98 Å². The van der Waals surface area contributed by atoms with E-state index in [-0.39, 0.29) is 25.0 Å². The van der Waals surface area contributed by atoms with Crippen LogP contribution in [-0.4, -0.2) is 65.0 Å². The number of aromatic nitrogens is 3. The minimum atomic E-state index is -0.195. The second kappa shape index (κ2) is 10.2. The van der Waals surface area contributed by atoms with Gasteiger partial charge in [-0.2, -0.15) is 0 Å². The molecule has 180 valence electrons. The summed E-state index contributed by atoms with van der Waals surface area (Å²) in [6.07, 6.45) is 6.90. The van der Waals surface area contributed by atoms with Crippen LogP contribution in [0.5, 0.6) is 0 Å². The van der Waals surface area contributed by atoms with Crippen LogP contribution in [0.2, 0.25) is 5.02 Å². The maximum absolute atomic E-state index is 12.8. The van der Waals surface area contributed by atoms with Gasteiger partial charge in [0.05, 0.1) is 16.0 Å². The van der Waals surface area contributed by atoms with E-state index in [2.05, 4.69) is 26.8 Å². The van der Waals surface area contributed by atoms with Crippen LogP contribution >= 0.6 is 11.6 Å². The number of fused-ring (bicyclic) bond motifs is 1. The van der Waals surface area contributed by atoms with E-state index in [1.165, 1.54) is 12.0 Å². The number of hydrogen-bond acceptors (Lipinski definition) is 5. The molecule has 8 nitrogen and oxygen atoms in total. The molecule has 0 aliphatic carbocycles. The monoisotopic (exact) mass is 499 g/mol. The van der Waals surface area contributed by atoms with E-state index in [0.717, 1.165) is 33.3 Å². The van der Waals surface area contributed by atoms with Crippen LogP contribution in [0.4, 0.5) is 5.69 Å². The molecule has 4 aromatic rings. The highest BCUT2D eigenvalue weighted by Crippen LogP contribution is 2.36. The van der Waals surface area contributed by atoms with E-state index in [1.807, 2.05) is 36.4 Å². The van der Waals surface area contributed by atoms with Crippen molar-refractivity contribution >= 4 is 40.1 Å². The Morgan fingerprint density at radius 1 is 1.19 bits per heavy atom. The predicted molar refractivity (Wildman–Crippen MR) is 138 cm³/mol. The van der Waals surface area contributed by atoms with E-state index in [4.69, 9.17) is 16.3 Å². The predicted octanol–water partition coefficient (Wildman–Crippen LogP) is 3.50. The Morgan fingerprint density at radius 3 is 2.86 bits per heavy atom. The first kappa shape index (κ1) is 23.5. The first-order chi connectivity index (χ1) is 17.5. The maximum atomic E-state index is 12.8. The van der Waals surface area contributed by atoms with Gasteiger partial charge in [-0.05, 0) is 29.8 Å². The number of nitrogens with one attached hydrogen (secondary N) is 1. The van der Waals surface area contributed by atoms with Crippen molar-refractivity contribution in [3.8, 4) is 23.0 Å². The number of pyridine rings is 2. The second-order valence-corrected chi connectivity index (χ2v) is 8.63. The van der Waals surface area contributed by atoms with Crippen molar-refractivity contribution in [1.29, 1.82) is 0 Å². The van der Waals surface area contributed by atoms with Gasteiger partial charge < -0.3 is 19.5 Å². The average molecular weight is 500 g/mol. The number of piperazine rings is 1. The molecule has 1 fully saturated rings. The Hall–Kier alpha value is -4.19. The Balaban J connectivity index is 1.44. The molecular formula is C27H22ClN5O3. The number of ether oxygens (including phenoxy) is 1. The summed E-state index contributed by atoms with van der Waals surface area (Å²) < 4.78 is 4.90. The van der Waals surface area contributed by atoms with Crippen LogP contribution in [-0.2, 0) is 14.3 Å². The fourth-order valence-corrected chi connectivity index (χ4v) is 4.50. The van der Waals surface area contributed by atoms with Crippen LogP contribution in [0.15, 0.2) is 61.2 Å². The third-order valence-electron chi connectivity index (χ3n) is 5.95. The molecule has 1 aliphatic rings. The van der Waals surface area contributed by atoms with Gasteiger partial charge in [0.2, 0.25) is 11.8 Å². The van der Waals surface area contributed by atoms with Crippen LogP contribution < -0.4 is 4.90 Å². The van der Waals surface area contributed by atoms with Gasteiger partial charge in [0.25, 0.3) is 0 Å². The second-order valence-electron chi connectivity index (χ2n) is 8.25. The van der Waals surface area contributed by atoms with Gasteiger partial charge in [-0.1, -0.05) is 35.6 Å². The van der Waals surface area contributed by atoms with Gasteiger partial charge >= 0.3 is 0 Å². The van der Waals surface area contributed by atoms with Crippen molar-refractivity contribution in [3.05, 3.63) is 77.3 Å². The first-order valence-electron chi connectivity index (χ1n) is 11.3. The summed E-state index contributed by atoms with van der Waals surface area (Å²) in [4.78, 5) is 39.9. The molecule has 1 N–H and O–H groups in total. The molecule has 3 aromatic heterocycles. The molecule has 0 radical (unpaired) electrons. The topological polar surface area (TPSA) is 91.4 Å². The fourth-order valence-electron chi connectivity index (χ4n) is 4.15. The molecule has 9 heteroatoms. The van der Waals surface area contributed by atoms with Crippen LogP contribution in [0.3, 0.4) is 0 Å². The van der Waals surface area contributed by atoms with Crippen molar-refractivity contribution in [3.63, 3.8) is 0 Å². The smallest absolute Gasteiger partial charge is 0.249 e. The SMILES string of the molecule is COCC(=O)N1CCN(c2cccc(-c3cnc4[nH]cc(C#Cc5cccnc5)c4c3Cl)c2)C(=O)C1. The average Bonchev–Trinajstić information content (AvgIpc) is 3.32. The molecule has 4 heterocycles. The zero-order valence-electron chi connectivity index (χ0n) is 19.5. The lowest BCUT2D eigenvalue weighted by Gasteiger charge is -2.34. The number of anilines is 1. The first-order valence-corrected chi connectivity index (χ1v) is 11.7. The summed E-state index contributed by atoms with van der Waals surface area (Å²) in [7, 11) is 1.46. The largest absolute Gasteiger partial charge is 0.375 e. The number of nitrogens with zero attached hydrogens (tertiary/aromatic N) is 4. The number of carbonyl (C=O) groups excluding carboxylic acids is 2. The van der Waals surface area contributed by atoms with Crippen molar-refractivity contribution in [1.82, 2.24) is 19.9 Å². The van der Waals surface area contributed by atoms with Gasteiger partial charge in [-0.15, -0.1) is 0 Å². The summed E-state index contributed by atoms with van der Waals surface area (Å²) in [5, 5.41) is 1.26. The van der Waals surface area contributed by atoms with E-state index in [9.17, 15) is 9.59 Å². The number of H-pyrrole nitrogens is 1. The summed E-state index contributed by atoms with van der Waals surface area (Å²) in [6, 6.07) is 11.3. The van der Waals surface area contributed by atoms with Crippen LogP contribution in [0.1, 0.15) is 11.1 Å². The Bertz CT molecular complexity index is 1510. The van der Waals surface area contributed by atoms with Gasteiger partial charge in [0, 0.05) is 61.8 Å². The molecule has 0 spiro atoms. The lowest BCUT2D eigenvalue weighted by Crippen LogP contribution is -2.53. The normalized spacial score (nSPS) is 13.6. The third kappa shape index (κ3) is 4.67. The van der Waals surface area contributed by atoms with E-state index in [0.29, 0.717) is 23.8 Å². The number of methoxy groups -OCH3 is 1. The molecule has 0 saturated carbocycles. The molecule has 1 saturated heterocycles. The number of amides is 2. The van der Waals surface area contributed by atoms with E-state index in [1.54, 1.807) is 29.7 Å². The summed E-state index contributed by atoms with van der Waals surface area (Å²) in [5.41, 5.74) is 4.46. The number of carbonyl (C=O) groups is 2. The zero-order valence-corrected chi connectivity index (χ0v) is 20.2.